The SMILES string of the molecule is NC(=O)C1CN(c2nc3ccccc3o2)CCO1. The number of hydrogen-bond donors (Lipinski definition) is 1. The summed E-state index contributed by atoms with van der Waals surface area (Å²) < 4.78 is 10.9. The summed E-state index contributed by atoms with van der Waals surface area (Å²) in [5, 5.41) is 0. The smallest absolute Gasteiger partial charge is 0.298 e. The molecule has 1 aliphatic heterocycles. The first-order valence-corrected chi connectivity index (χ1v) is 5.75. The topological polar surface area (TPSA) is 81.6 Å². The Morgan fingerprint density at radius 3 is 3.06 bits per heavy atom. The van der Waals surface area contributed by atoms with E-state index in [-0.39, 0.29) is 0 Å². The van der Waals surface area contributed by atoms with Crippen LogP contribution in [0.25, 0.3) is 11.1 Å². The van der Waals surface area contributed by atoms with E-state index in [1.807, 2.05) is 29.2 Å². The molecule has 2 heterocycles. The van der Waals surface area contributed by atoms with Crippen molar-refractivity contribution in [2.45, 2.75) is 6.10 Å². The number of carbonyl (C=O) groups excluding carboxylic acids is 1. The molecule has 0 radical (unpaired) electrons. The number of ether oxygens (including phenoxy) is 1. The molecule has 0 bridgehead atoms. The van der Waals surface area contributed by atoms with Crippen molar-refractivity contribution >= 4 is 23.0 Å². The Labute approximate surface area is 103 Å². The van der Waals surface area contributed by atoms with Gasteiger partial charge in [-0.3, -0.25) is 4.79 Å². The summed E-state index contributed by atoms with van der Waals surface area (Å²) >= 11 is 0. The first-order valence-electron chi connectivity index (χ1n) is 5.75. The van der Waals surface area contributed by atoms with Crippen molar-refractivity contribution in [1.82, 2.24) is 4.98 Å². The lowest BCUT2D eigenvalue weighted by molar-refractivity contribution is -0.130. The fourth-order valence-corrected chi connectivity index (χ4v) is 1.99. The molecule has 1 aromatic carbocycles. The van der Waals surface area contributed by atoms with E-state index in [4.69, 9.17) is 14.9 Å². The minimum absolute atomic E-state index is 0.377. The number of carbonyl (C=O) groups is 1. The van der Waals surface area contributed by atoms with Crippen LogP contribution in [0.5, 0.6) is 0 Å². The van der Waals surface area contributed by atoms with Gasteiger partial charge in [0.15, 0.2) is 11.7 Å². The average molecular weight is 247 g/mol. The monoisotopic (exact) mass is 247 g/mol. The van der Waals surface area contributed by atoms with Crippen molar-refractivity contribution in [1.29, 1.82) is 0 Å². The maximum absolute atomic E-state index is 11.1. The molecule has 2 aromatic rings. The van der Waals surface area contributed by atoms with Gasteiger partial charge < -0.3 is 19.8 Å². The van der Waals surface area contributed by atoms with Crippen molar-refractivity contribution < 1.29 is 13.9 Å². The van der Waals surface area contributed by atoms with Crippen LogP contribution in [0.2, 0.25) is 0 Å². The van der Waals surface area contributed by atoms with Crippen LogP contribution in [0.4, 0.5) is 6.01 Å². The Bertz CT molecular complexity index is 548. The van der Waals surface area contributed by atoms with E-state index in [1.54, 1.807) is 0 Å². The number of nitrogens with two attached hydrogens (primary N) is 1. The van der Waals surface area contributed by atoms with Gasteiger partial charge in [-0.1, -0.05) is 12.1 Å². The van der Waals surface area contributed by atoms with E-state index in [0.717, 1.165) is 11.1 Å². The summed E-state index contributed by atoms with van der Waals surface area (Å²) in [5.41, 5.74) is 6.77. The number of aromatic nitrogens is 1. The molecule has 3 rings (SSSR count). The first kappa shape index (κ1) is 11.0. The van der Waals surface area contributed by atoms with Gasteiger partial charge in [0, 0.05) is 6.54 Å². The number of nitrogens with zero attached hydrogens (tertiary/aromatic N) is 2. The van der Waals surface area contributed by atoms with E-state index in [0.29, 0.717) is 25.7 Å². The maximum Gasteiger partial charge on any atom is 0.298 e. The molecule has 1 atom stereocenters. The predicted molar refractivity (Wildman–Crippen MR) is 65.2 cm³/mol. The quantitative estimate of drug-likeness (QED) is 0.836. The highest BCUT2D eigenvalue weighted by molar-refractivity contribution is 5.80. The molecule has 6 nitrogen and oxygen atoms in total. The van der Waals surface area contributed by atoms with Gasteiger partial charge in [-0.05, 0) is 12.1 Å². The third kappa shape index (κ3) is 1.91. The third-order valence-electron chi connectivity index (χ3n) is 2.94. The molecule has 18 heavy (non-hydrogen) atoms. The zero-order chi connectivity index (χ0) is 12.5. The number of benzene rings is 1. The summed E-state index contributed by atoms with van der Waals surface area (Å²) in [5.74, 6) is -0.462. The van der Waals surface area contributed by atoms with Gasteiger partial charge in [-0.2, -0.15) is 4.98 Å². The summed E-state index contributed by atoms with van der Waals surface area (Å²) in [6.07, 6.45) is -0.603. The van der Waals surface area contributed by atoms with Gasteiger partial charge in [0.2, 0.25) is 5.91 Å². The summed E-state index contributed by atoms with van der Waals surface area (Å²) in [7, 11) is 0. The Morgan fingerprint density at radius 2 is 2.28 bits per heavy atom. The molecule has 1 amide bonds. The van der Waals surface area contributed by atoms with Crippen molar-refractivity contribution in [3.05, 3.63) is 24.3 Å². The molecule has 1 aliphatic rings. The van der Waals surface area contributed by atoms with Crippen LogP contribution in [0.3, 0.4) is 0 Å². The number of primary amides is 1. The van der Waals surface area contributed by atoms with Gasteiger partial charge in [-0.25, -0.2) is 0 Å². The van der Waals surface area contributed by atoms with Crippen LogP contribution < -0.4 is 10.6 Å². The molecule has 1 fully saturated rings. The molecule has 1 saturated heterocycles. The molecule has 1 aromatic heterocycles. The Morgan fingerprint density at radius 1 is 1.44 bits per heavy atom. The van der Waals surface area contributed by atoms with E-state index < -0.39 is 12.0 Å². The van der Waals surface area contributed by atoms with E-state index >= 15 is 0 Å². The highest BCUT2D eigenvalue weighted by Gasteiger charge is 2.27. The van der Waals surface area contributed by atoms with Crippen molar-refractivity contribution in [3.63, 3.8) is 0 Å². The molecule has 1 unspecified atom stereocenters. The van der Waals surface area contributed by atoms with Crippen LogP contribution in [-0.4, -0.2) is 36.7 Å². The van der Waals surface area contributed by atoms with Crippen LogP contribution in [0, 0.1) is 0 Å². The molecular weight excluding hydrogens is 234 g/mol. The van der Waals surface area contributed by atoms with Crippen molar-refractivity contribution in [2.24, 2.45) is 5.73 Å². The summed E-state index contributed by atoms with van der Waals surface area (Å²) in [6, 6.07) is 8.04. The van der Waals surface area contributed by atoms with Gasteiger partial charge in [0.25, 0.3) is 6.01 Å². The lowest BCUT2D eigenvalue weighted by Crippen LogP contribution is -2.48. The molecule has 2 N–H and O–H groups in total. The van der Waals surface area contributed by atoms with Gasteiger partial charge in [-0.15, -0.1) is 0 Å². The Hall–Kier alpha value is -2.08. The molecule has 0 aliphatic carbocycles. The van der Waals surface area contributed by atoms with Crippen LogP contribution in [0.15, 0.2) is 28.7 Å². The maximum atomic E-state index is 11.1. The Kier molecular flexibility index (Phi) is 2.64. The van der Waals surface area contributed by atoms with E-state index in [2.05, 4.69) is 4.98 Å². The number of hydrogen-bond acceptors (Lipinski definition) is 5. The Balaban J connectivity index is 1.87. The summed E-state index contributed by atoms with van der Waals surface area (Å²) in [4.78, 5) is 17.4. The second-order valence-corrected chi connectivity index (χ2v) is 4.17. The third-order valence-corrected chi connectivity index (χ3v) is 2.94. The van der Waals surface area contributed by atoms with E-state index in [9.17, 15) is 4.79 Å². The van der Waals surface area contributed by atoms with Crippen molar-refractivity contribution in [3.8, 4) is 0 Å². The fraction of sp³-hybridized carbons (Fsp3) is 0.333. The minimum Gasteiger partial charge on any atom is -0.423 e. The predicted octanol–water partition coefficient (Wildman–Crippen LogP) is 0.518. The number of morpholine rings is 1. The van der Waals surface area contributed by atoms with Gasteiger partial charge >= 0.3 is 0 Å². The largest absolute Gasteiger partial charge is 0.423 e. The molecular formula is C12H13N3O3. The van der Waals surface area contributed by atoms with Crippen LogP contribution in [-0.2, 0) is 9.53 Å². The second kappa shape index (κ2) is 4.30. The summed E-state index contributed by atoms with van der Waals surface area (Å²) in [6.45, 7) is 1.45. The zero-order valence-corrected chi connectivity index (χ0v) is 9.70. The normalized spacial score (nSPS) is 20.2. The number of para-hydroxylation sites is 2. The molecule has 0 spiro atoms. The number of amides is 1. The standard InChI is InChI=1S/C12H13N3O3/c13-11(16)10-7-15(5-6-17-10)12-14-8-3-1-2-4-9(8)18-12/h1-4,10H,5-7H2,(H2,13,16). The molecule has 0 saturated carbocycles. The molecule has 94 valence electrons. The van der Waals surface area contributed by atoms with Crippen LogP contribution >= 0.6 is 0 Å². The number of anilines is 1. The van der Waals surface area contributed by atoms with Gasteiger partial charge in [0.1, 0.15) is 5.52 Å². The van der Waals surface area contributed by atoms with E-state index in [1.165, 1.54) is 0 Å². The minimum atomic E-state index is -0.603. The highest BCUT2D eigenvalue weighted by atomic mass is 16.5. The van der Waals surface area contributed by atoms with Gasteiger partial charge in [0.05, 0.1) is 13.2 Å². The lowest BCUT2D eigenvalue weighted by atomic mass is 10.3. The van der Waals surface area contributed by atoms with Crippen LogP contribution in [0.1, 0.15) is 0 Å². The number of fused-ring (bicyclic) bond motifs is 1. The lowest BCUT2D eigenvalue weighted by Gasteiger charge is -2.29. The first-order chi connectivity index (χ1) is 8.74. The van der Waals surface area contributed by atoms with Crippen molar-refractivity contribution in [2.75, 3.05) is 24.6 Å². The average Bonchev–Trinajstić information content (AvgIpc) is 2.82. The fourth-order valence-electron chi connectivity index (χ4n) is 1.99. The molecule has 6 heteroatoms. The number of oxazole rings is 1. The zero-order valence-electron chi connectivity index (χ0n) is 9.70. The highest BCUT2D eigenvalue weighted by Crippen LogP contribution is 2.23. The second-order valence-electron chi connectivity index (χ2n) is 4.17. The number of rotatable bonds is 2.